The lowest BCUT2D eigenvalue weighted by atomic mass is 10.1. The van der Waals surface area contributed by atoms with E-state index in [9.17, 15) is 22.8 Å². The number of esters is 1. The van der Waals surface area contributed by atoms with Gasteiger partial charge in [-0.05, 0) is 25.1 Å². The monoisotopic (exact) mass is 261 g/mol. The first-order valence-corrected chi connectivity index (χ1v) is 4.89. The number of ether oxygens (including phenoxy) is 1. The maximum absolute atomic E-state index is 12.4. The molecule has 0 aromatic heterocycles. The van der Waals surface area contributed by atoms with Crippen LogP contribution in [0.1, 0.15) is 22.8 Å². The van der Waals surface area contributed by atoms with Gasteiger partial charge in [0.15, 0.2) is 6.10 Å². The van der Waals surface area contributed by atoms with Crippen molar-refractivity contribution in [3.8, 4) is 0 Å². The first-order chi connectivity index (χ1) is 8.21. The number of amides is 1. The minimum Gasteiger partial charge on any atom is -0.449 e. The second-order valence-corrected chi connectivity index (χ2v) is 3.53. The number of hydrogen-bond acceptors (Lipinski definition) is 3. The second-order valence-electron chi connectivity index (χ2n) is 3.53. The Morgan fingerprint density at radius 1 is 1.33 bits per heavy atom. The predicted octanol–water partition coefficient (Wildman–Crippen LogP) is 1.74. The molecule has 1 aromatic carbocycles. The highest BCUT2D eigenvalue weighted by Gasteiger charge is 2.31. The molecule has 0 heterocycles. The van der Waals surface area contributed by atoms with E-state index < -0.39 is 29.7 Å². The van der Waals surface area contributed by atoms with Gasteiger partial charge in [0, 0.05) is 0 Å². The molecule has 0 radical (unpaired) electrons. The summed E-state index contributed by atoms with van der Waals surface area (Å²) < 4.78 is 41.8. The molecule has 0 fully saturated rings. The zero-order chi connectivity index (χ0) is 13.9. The van der Waals surface area contributed by atoms with E-state index in [1.807, 2.05) is 0 Å². The number of nitrogens with two attached hydrogens (primary N) is 1. The number of rotatable bonds is 3. The maximum Gasteiger partial charge on any atom is 0.416 e. The molecule has 0 saturated heterocycles. The summed E-state index contributed by atoms with van der Waals surface area (Å²) >= 11 is 0. The molecule has 1 atom stereocenters. The van der Waals surface area contributed by atoms with Crippen LogP contribution in [-0.2, 0) is 15.7 Å². The van der Waals surface area contributed by atoms with Crippen molar-refractivity contribution in [1.82, 2.24) is 0 Å². The van der Waals surface area contributed by atoms with Crippen molar-refractivity contribution in [3.05, 3.63) is 35.4 Å². The Kier molecular flexibility index (Phi) is 3.95. The summed E-state index contributed by atoms with van der Waals surface area (Å²) in [5.41, 5.74) is 3.60. The standard InChI is InChI=1S/C11H10F3NO3/c1-6(9(15)16)18-10(17)7-3-2-4-8(5-7)11(12,13)14/h2-6H,1H3,(H2,15,16)/t6-/m0/s1. The largest absolute Gasteiger partial charge is 0.449 e. The van der Waals surface area contributed by atoms with Gasteiger partial charge in [-0.25, -0.2) is 4.79 Å². The van der Waals surface area contributed by atoms with E-state index in [2.05, 4.69) is 4.74 Å². The van der Waals surface area contributed by atoms with Gasteiger partial charge in [0.2, 0.25) is 0 Å². The van der Waals surface area contributed by atoms with E-state index in [0.29, 0.717) is 6.07 Å². The summed E-state index contributed by atoms with van der Waals surface area (Å²) in [7, 11) is 0. The van der Waals surface area contributed by atoms with E-state index in [0.717, 1.165) is 18.2 Å². The van der Waals surface area contributed by atoms with Gasteiger partial charge in [-0.15, -0.1) is 0 Å². The van der Waals surface area contributed by atoms with E-state index >= 15 is 0 Å². The van der Waals surface area contributed by atoms with Crippen LogP contribution in [0.2, 0.25) is 0 Å². The van der Waals surface area contributed by atoms with Crippen molar-refractivity contribution in [1.29, 1.82) is 0 Å². The summed E-state index contributed by atoms with van der Waals surface area (Å²) in [6.07, 6.45) is -5.75. The highest BCUT2D eigenvalue weighted by Crippen LogP contribution is 2.29. The Morgan fingerprint density at radius 3 is 2.44 bits per heavy atom. The van der Waals surface area contributed by atoms with Crippen LogP contribution in [0.5, 0.6) is 0 Å². The highest BCUT2D eigenvalue weighted by atomic mass is 19.4. The lowest BCUT2D eigenvalue weighted by Gasteiger charge is -2.11. The quantitative estimate of drug-likeness (QED) is 0.842. The van der Waals surface area contributed by atoms with E-state index in [1.54, 1.807) is 0 Å². The van der Waals surface area contributed by atoms with Crippen molar-refractivity contribution in [3.63, 3.8) is 0 Å². The van der Waals surface area contributed by atoms with Crippen molar-refractivity contribution in [2.75, 3.05) is 0 Å². The molecule has 1 amide bonds. The molecule has 0 aliphatic carbocycles. The topological polar surface area (TPSA) is 69.4 Å². The van der Waals surface area contributed by atoms with Gasteiger partial charge in [-0.3, -0.25) is 4.79 Å². The SMILES string of the molecule is C[C@H](OC(=O)c1cccc(C(F)(F)F)c1)C(N)=O. The molecule has 0 bridgehead atoms. The molecule has 1 aromatic rings. The number of halogens is 3. The molecule has 1 rings (SSSR count). The van der Waals surface area contributed by atoms with Crippen molar-refractivity contribution >= 4 is 11.9 Å². The average Bonchev–Trinajstić information content (AvgIpc) is 2.27. The van der Waals surface area contributed by atoms with E-state index in [-0.39, 0.29) is 5.56 Å². The van der Waals surface area contributed by atoms with Crippen LogP contribution < -0.4 is 5.73 Å². The lowest BCUT2D eigenvalue weighted by molar-refractivity contribution is -0.137. The van der Waals surface area contributed by atoms with Crippen molar-refractivity contribution in [2.24, 2.45) is 5.73 Å². The Bertz CT molecular complexity index is 471. The second kappa shape index (κ2) is 5.07. The third kappa shape index (κ3) is 3.47. The Hall–Kier alpha value is -2.05. The predicted molar refractivity (Wildman–Crippen MR) is 55.5 cm³/mol. The van der Waals surface area contributed by atoms with Gasteiger partial charge in [-0.2, -0.15) is 13.2 Å². The van der Waals surface area contributed by atoms with Crippen molar-refractivity contribution < 1.29 is 27.5 Å². The molecule has 2 N–H and O–H groups in total. The third-order valence-electron chi connectivity index (χ3n) is 2.11. The fraction of sp³-hybridized carbons (Fsp3) is 0.273. The molecule has 0 aliphatic rings. The van der Waals surface area contributed by atoms with Gasteiger partial charge in [0.1, 0.15) is 0 Å². The van der Waals surface area contributed by atoms with Gasteiger partial charge < -0.3 is 10.5 Å². The normalized spacial score (nSPS) is 12.9. The Balaban J connectivity index is 2.91. The summed E-state index contributed by atoms with van der Waals surface area (Å²) in [6, 6.07) is 3.71. The fourth-order valence-corrected chi connectivity index (χ4v) is 1.11. The summed E-state index contributed by atoms with van der Waals surface area (Å²) in [5.74, 6) is -1.91. The minimum absolute atomic E-state index is 0.294. The molecular weight excluding hydrogens is 251 g/mol. The number of carbonyl (C=O) groups excluding carboxylic acids is 2. The Labute approximate surface area is 101 Å². The highest BCUT2D eigenvalue weighted by molar-refractivity contribution is 5.92. The van der Waals surface area contributed by atoms with Gasteiger partial charge in [0.25, 0.3) is 5.91 Å². The van der Waals surface area contributed by atoms with Crippen LogP contribution in [0.25, 0.3) is 0 Å². The number of hydrogen-bond donors (Lipinski definition) is 1. The molecule has 0 aliphatic heterocycles. The fourth-order valence-electron chi connectivity index (χ4n) is 1.11. The molecular formula is C11H10F3NO3. The number of alkyl halides is 3. The molecule has 18 heavy (non-hydrogen) atoms. The van der Waals surface area contributed by atoms with Gasteiger partial charge in [0.05, 0.1) is 11.1 Å². The average molecular weight is 261 g/mol. The zero-order valence-corrected chi connectivity index (χ0v) is 9.32. The number of benzene rings is 1. The molecule has 98 valence electrons. The third-order valence-corrected chi connectivity index (χ3v) is 2.11. The van der Waals surface area contributed by atoms with E-state index in [1.165, 1.54) is 6.92 Å². The molecule has 0 saturated carbocycles. The van der Waals surface area contributed by atoms with Crippen LogP contribution in [0.3, 0.4) is 0 Å². The molecule has 4 nitrogen and oxygen atoms in total. The van der Waals surface area contributed by atoms with E-state index in [4.69, 9.17) is 5.73 Å². The first-order valence-electron chi connectivity index (χ1n) is 4.89. The Morgan fingerprint density at radius 2 is 1.94 bits per heavy atom. The minimum atomic E-state index is -4.55. The molecule has 0 spiro atoms. The summed E-state index contributed by atoms with van der Waals surface area (Å²) in [6.45, 7) is 1.23. The number of primary amides is 1. The molecule has 0 unspecified atom stereocenters. The summed E-state index contributed by atoms with van der Waals surface area (Å²) in [5, 5.41) is 0. The van der Waals surface area contributed by atoms with Crippen LogP contribution in [0.4, 0.5) is 13.2 Å². The number of carbonyl (C=O) groups is 2. The van der Waals surface area contributed by atoms with Crippen LogP contribution >= 0.6 is 0 Å². The van der Waals surface area contributed by atoms with Gasteiger partial charge >= 0.3 is 12.1 Å². The zero-order valence-electron chi connectivity index (χ0n) is 9.32. The van der Waals surface area contributed by atoms with Crippen LogP contribution in [0.15, 0.2) is 24.3 Å². The van der Waals surface area contributed by atoms with Gasteiger partial charge in [-0.1, -0.05) is 6.07 Å². The van der Waals surface area contributed by atoms with Crippen LogP contribution in [-0.4, -0.2) is 18.0 Å². The first kappa shape index (κ1) is 14.0. The molecule has 7 heteroatoms. The smallest absolute Gasteiger partial charge is 0.416 e. The summed E-state index contributed by atoms with van der Waals surface area (Å²) in [4.78, 5) is 22.1. The van der Waals surface area contributed by atoms with Crippen molar-refractivity contribution in [2.45, 2.75) is 19.2 Å². The maximum atomic E-state index is 12.4. The van der Waals surface area contributed by atoms with Crippen LogP contribution in [0, 0.1) is 0 Å². The lowest BCUT2D eigenvalue weighted by Crippen LogP contribution is -2.30.